The van der Waals surface area contributed by atoms with E-state index in [-0.39, 0.29) is 35.9 Å². The summed E-state index contributed by atoms with van der Waals surface area (Å²) < 4.78 is 76.7. The second kappa shape index (κ2) is 21.8. The Labute approximate surface area is 414 Å². The molecule has 0 spiro atoms. The summed E-state index contributed by atoms with van der Waals surface area (Å²) in [5, 5.41) is 0. The van der Waals surface area contributed by atoms with Gasteiger partial charge in [0.25, 0.3) is 0 Å². The van der Waals surface area contributed by atoms with Crippen LogP contribution >= 0.6 is 24.8 Å². The molecule has 8 rings (SSSR count). The SMILES string of the molecule is CCC1[C-]=CC(C(C)(C)C)=C1.Cc1cc(C)c(-c2[c-]c3c(cc2)-c2ccc(-c4c(C)cc(C)cc4C)cc2C3)c(C)c1.Cl.Cl.FC(F)(F)c1cccc([C](=[Zr+2])c2cccc(C(F)(F)F)c2)c1. The summed E-state index contributed by atoms with van der Waals surface area (Å²) in [6, 6.07) is 33.6. The van der Waals surface area contributed by atoms with Crippen molar-refractivity contribution in [1.82, 2.24) is 0 Å². The van der Waals surface area contributed by atoms with Gasteiger partial charge >= 0.3 is 137 Å². The van der Waals surface area contributed by atoms with Crippen LogP contribution in [0.2, 0.25) is 0 Å². The van der Waals surface area contributed by atoms with E-state index in [1.54, 1.807) is 0 Å². The average molecular weight is 1020 g/mol. The Kier molecular flexibility index (Phi) is 17.9. The third-order valence-electron chi connectivity index (χ3n) is 11.8. The molecular formula is C57H56Cl2F6Zr. The van der Waals surface area contributed by atoms with Gasteiger partial charge in [-0.2, -0.15) is 11.6 Å². The summed E-state index contributed by atoms with van der Waals surface area (Å²) >= 11 is 0.729. The van der Waals surface area contributed by atoms with Crippen LogP contribution in [-0.2, 0) is 43.0 Å². The minimum absolute atomic E-state index is 0. The number of hydrogen-bond donors (Lipinski definition) is 0. The fraction of sp³-hybridized carbons (Fsp3) is 0.281. The van der Waals surface area contributed by atoms with Gasteiger partial charge in [-0.3, -0.25) is 6.08 Å². The standard InChI is InChI=1S/C31H29.C15H8F6.C11H17.2ClH.Zr/c1-18-11-20(3)30(21(4)12-18)24-7-9-28-26(15-24)17-27-16-25(8-10-29(27)28)31-22(5)13-19(2)14-23(31)6;16-14(17,18)12-5-1-3-10(8-12)7-11-4-2-6-13(9-11)15(19,20)21;1-5-9-6-7-10(8-9)11(2,3)4;;;/h7-15H,17H2,1-6H3;1-6,8-9H;7-9H,5H2,1-4H3;2*1H;/q-1;;-1;;;+2. The third kappa shape index (κ3) is 12.8. The van der Waals surface area contributed by atoms with Crippen molar-refractivity contribution in [2.24, 2.45) is 11.3 Å². The Hall–Kier alpha value is -4.29. The maximum atomic E-state index is 12.7. The number of alkyl halides is 6. The Bertz CT molecular complexity index is 2570. The van der Waals surface area contributed by atoms with Crippen LogP contribution in [0.1, 0.15) is 101 Å². The molecule has 6 aromatic carbocycles. The number of hydrogen-bond acceptors (Lipinski definition) is 0. The van der Waals surface area contributed by atoms with Gasteiger partial charge in [0.2, 0.25) is 0 Å². The van der Waals surface area contributed by atoms with Gasteiger partial charge in [0, 0.05) is 0 Å². The fourth-order valence-electron chi connectivity index (χ4n) is 8.75. The molecule has 66 heavy (non-hydrogen) atoms. The van der Waals surface area contributed by atoms with E-state index in [0.717, 1.165) is 54.9 Å². The predicted molar refractivity (Wildman–Crippen MR) is 263 cm³/mol. The van der Waals surface area contributed by atoms with Crippen LogP contribution in [0.3, 0.4) is 0 Å². The molecular weight excluding hydrogens is 961 g/mol. The summed E-state index contributed by atoms with van der Waals surface area (Å²) in [6.45, 7) is 22.2. The van der Waals surface area contributed by atoms with E-state index in [2.05, 4.69) is 148 Å². The second-order valence-electron chi connectivity index (χ2n) is 18.1. The summed E-state index contributed by atoms with van der Waals surface area (Å²) in [5.74, 6) is 0.573. The Morgan fingerprint density at radius 3 is 1.55 bits per heavy atom. The van der Waals surface area contributed by atoms with Gasteiger partial charge in [-0.25, -0.2) is 6.08 Å². The van der Waals surface area contributed by atoms with Crippen molar-refractivity contribution < 1.29 is 50.6 Å². The first-order chi connectivity index (χ1) is 29.9. The Morgan fingerprint density at radius 2 is 1.11 bits per heavy atom. The van der Waals surface area contributed by atoms with Gasteiger partial charge in [0.15, 0.2) is 0 Å². The van der Waals surface area contributed by atoms with Gasteiger partial charge < -0.3 is 0 Å². The molecule has 0 N–H and O–H groups in total. The molecule has 0 radical (unpaired) electrons. The summed E-state index contributed by atoms with van der Waals surface area (Å²) in [6.07, 6.45) is 0.989. The molecule has 0 amide bonds. The van der Waals surface area contributed by atoms with Crippen LogP contribution in [0.25, 0.3) is 33.4 Å². The quantitative estimate of drug-likeness (QED) is 0.119. The number of halogens is 8. The van der Waals surface area contributed by atoms with Crippen LogP contribution in [0.5, 0.6) is 0 Å². The molecule has 9 heteroatoms. The molecule has 0 aliphatic heterocycles. The van der Waals surface area contributed by atoms with E-state index in [9.17, 15) is 26.3 Å². The van der Waals surface area contributed by atoms with E-state index in [0.29, 0.717) is 14.5 Å². The predicted octanol–water partition coefficient (Wildman–Crippen LogP) is 17.3. The molecule has 0 saturated heterocycles. The first-order valence-corrected chi connectivity index (χ1v) is 22.8. The molecule has 0 heterocycles. The van der Waals surface area contributed by atoms with Crippen molar-refractivity contribution in [3.63, 3.8) is 0 Å². The van der Waals surface area contributed by atoms with Gasteiger partial charge in [0.05, 0.1) is 0 Å². The van der Waals surface area contributed by atoms with E-state index in [1.165, 1.54) is 114 Å². The zero-order chi connectivity index (χ0) is 46.9. The maximum absolute atomic E-state index is 12.7. The van der Waals surface area contributed by atoms with Gasteiger partial charge in [-0.05, 0) is 75.8 Å². The molecule has 6 aromatic rings. The number of fused-ring (bicyclic) bond motifs is 3. The number of rotatable bonds is 5. The minimum atomic E-state index is -4.49. The zero-order valence-corrected chi connectivity index (χ0v) is 43.1. The van der Waals surface area contributed by atoms with Crippen LogP contribution in [0, 0.1) is 65.0 Å². The van der Waals surface area contributed by atoms with Gasteiger partial charge in [-0.15, -0.1) is 54.1 Å². The Morgan fingerprint density at radius 1 is 0.621 bits per heavy atom. The number of aryl methyl sites for hydroxylation is 6. The second-order valence-corrected chi connectivity index (χ2v) is 19.3. The van der Waals surface area contributed by atoms with Crippen molar-refractivity contribution in [2.45, 2.75) is 94.4 Å². The fourth-order valence-corrected chi connectivity index (χ4v) is 9.51. The molecule has 0 nitrogen and oxygen atoms in total. The monoisotopic (exact) mass is 1010 g/mol. The molecule has 0 fully saturated rings. The molecule has 344 valence electrons. The van der Waals surface area contributed by atoms with Crippen LogP contribution in [-0.4, -0.2) is 3.21 Å². The first-order valence-electron chi connectivity index (χ1n) is 21.5. The van der Waals surface area contributed by atoms with Crippen molar-refractivity contribution in [3.8, 4) is 33.4 Å². The van der Waals surface area contributed by atoms with Crippen LogP contribution in [0.15, 0.2) is 121 Å². The normalized spacial score (nSPS) is 13.8. The topological polar surface area (TPSA) is 0 Å². The van der Waals surface area contributed by atoms with E-state index in [1.807, 2.05) is 0 Å². The molecule has 0 saturated carbocycles. The Balaban J connectivity index is 0.000000238. The summed E-state index contributed by atoms with van der Waals surface area (Å²) in [5.41, 5.74) is 19.3. The number of benzene rings is 6. The van der Waals surface area contributed by atoms with Crippen LogP contribution in [0.4, 0.5) is 26.3 Å². The third-order valence-corrected chi connectivity index (χ3v) is 13.2. The van der Waals surface area contributed by atoms with Crippen LogP contribution < -0.4 is 0 Å². The summed E-state index contributed by atoms with van der Waals surface area (Å²) in [4.78, 5) is 0. The van der Waals surface area contributed by atoms with Crippen molar-refractivity contribution in [2.75, 3.05) is 0 Å². The zero-order valence-electron chi connectivity index (χ0n) is 39.0. The molecule has 1 atom stereocenters. The van der Waals surface area contributed by atoms with Crippen molar-refractivity contribution >= 4 is 28.0 Å². The molecule has 2 aliphatic rings. The molecule has 2 aliphatic carbocycles. The average Bonchev–Trinajstić information content (AvgIpc) is 3.85. The summed E-state index contributed by atoms with van der Waals surface area (Å²) in [7, 11) is 0. The van der Waals surface area contributed by atoms with E-state index in [4.69, 9.17) is 0 Å². The number of allylic oxidation sites excluding steroid dienone is 4. The molecule has 0 aromatic heterocycles. The van der Waals surface area contributed by atoms with Crippen molar-refractivity contribution in [1.29, 1.82) is 0 Å². The molecule has 1 unspecified atom stereocenters. The molecule has 0 bridgehead atoms. The van der Waals surface area contributed by atoms with Crippen molar-refractivity contribution in [3.05, 3.63) is 200 Å². The van der Waals surface area contributed by atoms with Gasteiger partial charge in [-0.1, -0.05) is 127 Å². The first kappa shape index (κ1) is 54.3. The van der Waals surface area contributed by atoms with Gasteiger partial charge in [0.1, 0.15) is 0 Å². The van der Waals surface area contributed by atoms with E-state index < -0.39 is 23.5 Å². The van der Waals surface area contributed by atoms with E-state index >= 15 is 0 Å².